The van der Waals surface area contributed by atoms with Crippen LogP contribution >= 0.6 is 15.9 Å². The first kappa shape index (κ1) is 21.8. The molecule has 1 saturated carbocycles. The first-order valence-corrected chi connectivity index (χ1v) is 11.4. The summed E-state index contributed by atoms with van der Waals surface area (Å²) in [6.07, 6.45) is 3.85. The van der Waals surface area contributed by atoms with Crippen molar-refractivity contribution in [3.63, 3.8) is 0 Å². The molecular weight excluding hydrogens is 498 g/mol. The average molecular weight is 516 g/mol. The minimum Gasteiger partial charge on any atom is -0.457 e. The zero-order valence-corrected chi connectivity index (χ0v) is 19.4. The van der Waals surface area contributed by atoms with Gasteiger partial charge < -0.3 is 14.6 Å². The lowest BCUT2D eigenvalue weighted by Crippen LogP contribution is -2.15. The van der Waals surface area contributed by atoms with Gasteiger partial charge in [-0.3, -0.25) is 4.79 Å². The highest BCUT2D eigenvalue weighted by Crippen LogP contribution is 2.39. The Morgan fingerprint density at radius 2 is 1.97 bits per heavy atom. The molecule has 0 radical (unpaired) electrons. The number of anilines is 1. The van der Waals surface area contributed by atoms with Crippen molar-refractivity contribution in [2.45, 2.75) is 25.2 Å². The fourth-order valence-corrected chi connectivity index (χ4v) is 3.74. The number of aromatic nitrogens is 3. The summed E-state index contributed by atoms with van der Waals surface area (Å²) >= 11 is 3.47. The van der Waals surface area contributed by atoms with E-state index in [-0.39, 0.29) is 18.0 Å². The van der Waals surface area contributed by atoms with E-state index in [9.17, 15) is 4.79 Å². The lowest BCUT2D eigenvalue weighted by atomic mass is 10.1. The van der Waals surface area contributed by atoms with Crippen molar-refractivity contribution in [1.82, 2.24) is 15.1 Å². The second kappa shape index (κ2) is 9.45. The van der Waals surface area contributed by atoms with Crippen molar-refractivity contribution in [3.05, 3.63) is 82.3 Å². The van der Waals surface area contributed by atoms with E-state index in [1.165, 1.54) is 6.20 Å². The molecule has 0 spiro atoms. The van der Waals surface area contributed by atoms with E-state index in [1.54, 1.807) is 30.3 Å². The number of carbonyl (C=O) groups is 1. The number of nitrogens with one attached hydrogen (secondary N) is 1. The van der Waals surface area contributed by atoms with Crippen LogP contribution in [0.2, 0.25) is 0 Å². The van der Waals surface area contributed by atoms with Gasteiger partial charge in [0.2, 0.25) is 5.91 Å². The van der Waals surface area contributed by atoms with Crippen molar-refractivity contribution < 1.29 is 14.1 Å². The highest BCUT2D eigenvalue weighted by Gasteiger charge is 2.29. The molecular formula is C25H18BrN5O3. The Kier molecular flexibility index (Phi) is 6.06. The molecule has 0 aliphatic heterocycles. The number of hydrogen-bond donors (Lipinski definition) is 1. The second-order valence-electron chi connectivity index (χ2n) is 7.88. The van der Waals surface area contributed by atoms with Crippen molar-refractivity contribution in [2.75, 3.05) is 5.32 Å². The molecule has 34 heavy (non-hydrogen) atoms. The topological polar surface area (TPSA) is 114 Å². The molecule has 9 heteroatoms. The molecule has 2 heterocycles. The molecule has 4 aromatic rings. The van der Waals surface area contributed by atoms with Crippen LogP contribution in [0.25, 0.3) is 11.5 Å². The molecule has 5 rings (SSSR count). The highest BCUT2D eigenvalue weighted by atomic mass is 79.9. The van der Waals surface area contributed by atoms with Crippen molar-refractivity contribution in [1.29, 1.82) is 5.26 Å². The molecule has 0 bridgehead atoms. The summed E-state index contributed by atoms with van der Waals surface area (Å²) in [5.74, 6) is 2.41. The molecule has 2 aromatic carbocycles. The molecule has 1 aliphatic rings. The van der Waals surface area contributed by atoms with Gasteiger partial charge >= 0.3 is 0 Å². The zero-order valence-electron chi connectivity index (χ0n) is 17.9. The summed E-state index contributed by atoms with van der Waals surface area (Å²) in [4.78, 5) is 21.2. The van der Waals surface area contributed by atoms with Crippen LogP contribution in [0.5, 0.6) is 11.5 Å². The van der Waals surface area contributed by atoms with Crippen LogP contribution in [-0.2, 0) is 11.2 Å². The van der Waals surface area contributed by atoms with E-state index in [4.69, 9.17) is 14.5 Å². The highest BCUT2D eigenvalue weighted by molar-refractivity contribution is 9.10. The molecule has 1 amide bonds. The molecule has 8 nitrogen and oxygen atoms in total. The summed E-state index contributed by atoms with van der Waals surface area (Å²) < 4.78 is 12.1. The molecule has 0 saturated heterocycles. The fraction of sp³-hybridized carbons (Fsp3) is 0.160. The normalized spacial score (nSPS) is 12.7. The standard InChI is InChI=1S/C25H18BrN5O3/c26-17-5-8-22(21(12-17)25-30-24(31-34-25)16-3-4-16)29-23(32)11-15-1-6-19(7-2-15)33-20-9-10-28-18(13-20)14-27/h1-2,5-10,12-13,16H,3-4,11H2,(H,29,32). The third-order valence-corrected chi connectivity index (χ3v) is 5.73. The van der Waals surface area contributed by atoms with Crippen molar-refractivity contribution in [3.8, 4) is 29.0 Å². The van der Waals surface area contributed by atoms with Crippen molar-refractivity contribution in [2.24, 2.45) is 0 Å². The van der Waals surface area contributed by atoms with Crippen LogP contribution < -0.4 is 10.1 Å². The number of benzene rings is 2. The van der Waals surface area contributed by atoms with Crippen LogP contribution in [-0.4, -0.2) is 21.0 Å². The average Bonchev–Trinajstić information content (AvgIpc) is 3.58. The predicted octanol–water partition coefficient (Wildman–Crippen LogP) is 5.62. The molecule has 0 atom stereocenters. The minimum absolute atomic E-state index is 0.174. The van der Waals surface area contributed by atoms with Gasteiger partial charge in [0.1, 0.15) is 23.3 Å². The summed E-state index contributed by atoms with van der Waals surface area (Å²) in [5, 5.41) is 16.0. The largest absolute Gasteiger partial charge is 0.457 e. The van der Waals surface area contributed by atoms with Crippen LogP contribution in [0.3, 0.4) is 0 Å². The molecule has 2 aromatic heterocycles. The Bertz CT molecular complexity index is 1390. The number of nitriles is 1. The minimum atomic E-state index is -0.174. The molecule has 1 N–H and O–H groups in total. The van der Waals surface area contributed by atoms with Crippen LogP contribution in [0.4, 0.5) is 5.69 Å². The summed E-state index contributed by atoms with van der Waals surface area (Å²) in [7, 11) is 0. The maximum Gasteiger partial charge on any atom is 0.260 e. The molecule has 168 valence electrons. The molecule has 1 fully saturated rings. The Morgan fingerprint density at radius 1 is 1.15 bits per heavy atom. The third kappa shape index (κ3) is 5.13. The fourth-order valence-electron chi connectivity index (χ4n) is 3.38. The second-order valence-corrected chi connectivity index (χ2v) is 8.80. The van der Waals surface area contributed by atoms with E-state index >= 15 is 0 Å². The maximum atomic E-state index is 12.8. The number of ether oxygens (including phenoxy) is 1. The van der Waals surface area contributed by atoms with E-state index in [1.807, 2.05) is 30.3 Å². The molecule has 1 aliphatic carbocycles. The number of pyridine rings is 1. The van der Waals surface area contributed by atoms with Gasteiger partial charge in [0.15, 0.2) is 5.82 Å². The van der Waals surface area contributed by atoms with Crippen LogP contribution in [0, 0.1) is 11.3 Å². The Labute approximate surface area is 203 Å². The number of amides is 1. The Hall–Kier alpha value is -4.03. The third-order valence-electron chi connectivity index (χ3n) is 5.24. The van der Waals surface area contributed by atoms with Crippen LogP contribution in [0.15, 0.2) is 69.8 Å². The Balaban J connectivity index is 1.26. The van der Waals surface area contributed by atoms with E-state index < -0.39 is 0 Å². The Morgan fingerprint density at radius 3 is 2.74 bits per heavy atom. The lowest BCUT2D eigenvalue weighted by molar-refractivity contribution is -0.115. The van der Waals surface area contributed by atoms with E-state index in [2.05, 4.69) is 36.4 Å². The van der Waals surface area contributed by atoms with E-state index in [0.717, 1.165) is 22.9 Å². The van der Waals surface area contributed by atoms with Gasteiger partial charge in [0.25, 0.3) is 5.89 Å². The number of rotatable bonds is 7. The van der Waals surface area contributed by atoms with Gasteiger partial charge in [-0.05, 0) is 54.8 Å². The van der Waals surface area contributed by atoms with Gasteiger partial charge in [-0.25, -0.2) is 4.98 Å². The zero-order chi connectivity index (χ0) is 23.5. The quantitative estimate of drug-likeness (QED) is 0.339. The maximum absolute atomic E-state index is 12.8. The monoisotopic (exact) mass is 515 g/mol. The summed E-state index contributed by atoms with van der Waals surface area (Å²) in [5.41, 5.74) is 2.37. The van der Waals surface area contributed by atoms with Gasteiger partial charge in [0, 0.05) is 22.7 Å². The SMILES string of the molecule is N#Cc1cc(Oc2ccc(CC(=O)Nc3ccc(Br)cc3-c3nc(C4CC4)no3)cc2)ccn1. The number of hydrogen-bond acceptors (Lipinski definition) is 7. The van der Waals surface area contributed by atoms with Gasteiger partial charge in [-0.15, -0.1) is 0 Å². The predicted molar refractivity (Wildman–Crippen MR) is 127 cm³/mol. The summed E-state index contributed by atoms with van der Waals surface area (Å²) in [6.45, 7) is 0. The van der Waals surface area contributed by atoms with Gasteiger partial charge in [-0.1, -0.05) is 33.2 Å². The molecule has 0 unspecified atom stereocenters. The smallest absolute Gasteiger partial charge is 0.260 e. The number of carbonyl (C=O) groups excluding carboxylic acids is 1. The first-order valence-electron chi connectivity index (χ1n) is 10.6. The van der Waals surface area contributed by atoms with E-state index in [0.29, 0.717) is 40.4 Å². The number of halogens is 1. The van der Waals surface area contributed by atoms with Gasteiger partial charge in [-0.2, -0.15) is 10.2 Å². The van der Waals surface area contributed by atoms with Crippen LogP contribution in [0.1, 0.15) is 35.8 Å². The van der Waals surface area contributed by atoms with Gasteiger partial charge in [0.05, 0.1) is 17.7 Å². The first-order chi connectivity index (χ1) is 16.6. The van der Waals surface area contributed by atoms with Crippen molar-refractivity contribution >= 4 is 27.5 Å². The number of nitrogens with zero attached hydrogens (tertiary/aromatic N) is 4. The summed E-state index contributed by atoms with van der Waals surface area (Å²) in [6, 6.07) is 17.9. The lowest BCUT2D eigenvalue weighted by Gasteiger charge is -2.10.